The van der Waals surface area contributed by atoms with Gasteiger partial charge in [0.2, 0.25) is 5.91 Å². The van der Waals surface area contributed by atoms with Crippen LogP contribution in [0.5, 0.6) is 0 Å². The summed E-state index contributed by atoms with van der Waals surface area (Å²) < 4.78 is 37.7. The summed E-state index contributed by atoms with van der Waals surface area (Å²) >= 11 is 1.11. The number of para-hydroxylation sites is 1. The fourth-order valence-corrected chi connectivity index (χ4v) is 3.71. The summed E-state index contributed by atoms with van der Waals surface area (Å²) in [6.07, 6.45) is -3.63. The zero-order valence-corrected chi connectivity index (χ0v) is 16.9. The molecule has 0 saturated carbocycles. The fourth-order valence-electron chi connectivity index (χ4n) is 3.03. The summed E-state index contributed by atoms with van der Waals surface area (Å²) in [6.45, 7) is 4.28. The van der Waals surface area contributed by atoms with E-state index in [0.29, 0.717) is 11.6 Å². The van der Waals surface area contributed by atoms with Crippen molar-refractivity contribution >= 4 is 23.4 Å². The third-order valence-electron chi connectivity index (χ3n) is 4.73. The number of carbonyl (C=O) groups excluding carboxylic acids is 1. The van der Waals surface area contributed by atoms with E-state index in [4.69, 9.17) is 0 Å². The molecule has 5 nitrogen and oxygen atoms in total. The predicted octanol–water partition coefficient (Wildman–Crippen LogP) is 3.26. The molecule has 29 heavy (non-hydrogen) atoms. The summed E-state index contributed by atoms with van der Waals surface area (Å²) in [5, 5.41) is 3.27. The van der Waals surface area contributed by atoms with Gasteiger partial charge in [-0.3, -0.25) is 4.79 Å². The van der Waals surface area contributed by atoms with Crippen LogP contribution in [0.15, 0.2) is 47.6 Å². The number of hydrogen-bond acceptors (Lipinski definition) is 5. The number of rotatable bonds is 6. The van der Waals surface area contributed by atoms with E-state index in [2.05, 4.69) is 33.2 Å². The van der Waals surface area contributed by atoms with Gasteiger partial charge in [0.05, 0.1) is 16.3 Å². The van der Waals surface area contributed by atoms with Crippen molar-refractivity contribution in [3.63, 3.8) is 0 Å². The minimum absolute atomic E-state index is 0.0923. The Morgan fingerprint density at radius 3 is 2.52 bits per heavy atom. The largest absolute Gasteiger partial charge is 0.417 e. The third kappa shape index (κ3) is 6.11. The summed E-state index contributed by atoms with van der Waals surface area (Å²) in [5.74, 6) is -0.0976. The van der Waals surface area contributed by atoms with E-state index < -0.39 is 11.7 Å². The molecule has 9 heteroatoms. The van der Waals surface area contributed by atoms with Gasteiger partial charge in [0.1, 0.15) is 0 Å². The molecule has 0 atom stereocenters. The van der Waals surface area contributed by atoms with E-state index in [0.717, 1.165) is 61.5 Å². The maximum Gasteiger partial charge on any atom is 0.417 e. The molecule has 1 aliphatic rings. The van der Waals surface area contributed by atoms with Crippen molar-refractivity contribution in [2.24, 2.45) is 0 Å². The Balaban J connectivity index is 1.51. The lowest BCUT2D eigenvalue weighted by molar-refractivity contribution is -0.137. The average molecular weight is 424 g/mol. The van der Waals surface area contributed by atoms with Gasteiger partial charge in [-0.1, -0.05) is 30.0 Å². The number of likely N-dealkylation sites (N-methyl/N-ethyl adjacent to an activating group) is 1. The van der Waals surface area contributed by atoms with Crippen molar-refractivity contribution in [2.75, 3.05) is 43.9 Å². The molecule has 3 rings (SSSR count). The van der Waals surface area contributed by atoms with Crippen molar-refractivity contribution < 1.29 is 18.0 Å². The molecule has 0 radical (unpaired) electrons. The van der Waals surface area contributed by atoms with Gasteiger partial charge in [0, 0.05) is 44.6 Å². The van der Waals surface area contributed by atoms with Gasteiger partial charge in [0.15, 0.2) is 0 Å². The number of pyridine rings is 1. The Kier molecular flexibility index (Phi) is 7.02. The van der Waals surface area contributed by atoms with E-state index in [1.54, 1.807) is 0 Å². The van der Waals surface area contributed by atoms with Crippen molar-refractivity contribution in [1.82, 2.24) is 15.2 Å². The lowest BCUT2D eigenvalue weighted by Crippen LogP contribution is -2.45. The molecule has 156 valence electrons. The number of aromatic nitrogens is 1. The van der Waals surface area contributed by atoms with Crippen LogP contribution in [0.2, 0.25) is 0 Å². The van der Waals surface area contributed by atoms with Gasteiger partial charge in [0.25, 0.3) is 0 Å². The van der Waals surface area contributed by atoms with Crippen LogP contribution in [0, 0.1) is 0 Å². The first-order valence-electron chi connectivity index (χ1n) is 9.27. The first kappa shape index (κ1) is 21.4. The molecule has 1 saturated heterocycles. The van der Waals surface area contributed by atoms with Crippen LogP contribution in [0.4, 0.5) is 18.9 Å². The number of piperazine rings is 1. The lowest BCUT2D eigenvalue weighted by atomic mass is 10.1. The van der Waals surface area contributed by atoms with Gasteiger partial charge >= 0.3 is 6.18 Å². The number of nitrogens with one attached hydrogen (secondary N) is 1. The summed E-state index contributed by atoms with van der Waals surface area (Å²) in [4.78, 5) is 20.6. The Labute approximate surface area is 172 Å². The fraction of sp³-hybridized carbons (Fsp3) is 0.400. The molecule has 1 aromatic carbocycles. The molecular formula is C20H23F3N4OS. The molecule has 2 heterocycles. The van der Waals surface area contributed by atoms with Crippen LogP contribution in [0.3, 0.4) is 0 Å². The molecule has 0 unspecified atom stereocenters. The maximum atomic E-state index is 12.6. The van der Waals surface area contributed by atoms with Crippen LogP contribution >= 0.6 is 11.8 Å². The standard InChI is InChI=1S/C20H23F3N4OS/c1-26-8-10-27(11-9-26)17-5-3-2-4-15(17)12-24-18(28)14-29-19-7-6-16(13-25-19)20(21,22)23/h2-7,13H,8-12,14H2,1H3,(H,24,28). The number of benzene rings is 1. The zero-order valence-electron chi connectivity index (χ0n) is 16.1. The van der Waals surface area contributed by atoms with Crippen molar-refractivity contribution in [3.05, 3.63) is 53.7 Å². The summed E-state index contributed by atoms with van der Waals surface area (Å²) in [7, 11) is 2.10. The molecule has 1 amide bonds. The zero-order chi connectivity index (χ0) is 20.9. The van der Waals surface area contributed by atoms with Crippen molar-refractivity contribution in [1.29, 1.82) is 0 Å². The molecule has 0 bridgehead atoms. The minimum Gasteiger partial charge on any atom is -0.369 e. The highest BCUT2D eigenvalue weighted by atomic mass is 32.2. The number of hydrogen-bond donors (Lipinski definition) is 1. The van der Waals surface area contributed by atoms with Crippen LogP contribution in [0.25, 0.3) is 0 Å². The Hall–Kier alpha value is -2.26. The summed E-state index contributed by atoms with van der Waals surface area (Å²) in [6, 6.07) is 10.3. The van der Waals surface area contributed by atoms with E-state index >= 15 is 0 Å². The first-order valence-corrected chi connectivity index (χ1v) is 10.3. The van der Waals surface area contributed by atoms with Crippen LogP contribution < -0.4 is 10.2 Å². The van der Waals surface area contributed by atoms with E-state index in [1.807, 2.05) is 18.2 Å². The predicted molar refractivity (Wildman–Crippen MR) is 108 cm³/mol. The van der Waals surface area contributed by atoms with Gasteiger partial charge in [-0.05, 0) is 30.8 Å². The Bertz CT molecular complexity index is 821. The average Bonchev–Trinajstić information content (AvgIpc) is 2.71. The molecule has 1 fully saturated rings. The molecule has 1 aliphatic heterocycles. The molecule has 1 N–H and O–H groups in total. The normalized spacial score (nSPS) is 15.4. The molecular weight excluding hydrogens is 401 g/mol. The van der Waals surface area contributed by atoms with E-state index in [1.165, 1.54) is 6.07 Å². The number of nitrogens with zero attached hydrogens (tertiary/aromatic N) is 3. The maximum absolute atomic E-state index is 12.6. The number of thioether (sulfide) groups is 1. The highest BCUT2D eigenvalue weighted by molar-refractivity contribution is 7.99. The second-order valence-electron chi connectivity index (χ2n) is 6.87. The summed E-state index contributed by atoms with van der Waals surface area (Å²) in [5.41, 5.74) is 1.37. The molecule has 0 spiro atoms. The number of amides is 1. The van der Waals surface area contributed by atoms with Crippen LogP contribution in [-0.4, -0.2) is 54.8 Å². The van der Waals surface area contributed by atoms with Crippen LogP contribution in [0.1, 0.15) is 11.1 Å². The quantitative estimate of drug-likeness (QED) is 0.722. The van der Waals surface area contributed by atoms with Crippen LogP contribution in [-0.2, 0) is 17.5 Å². The third-order valence-corrected chi connectivity index (χ3v) is 5.67. The molecule has 1 aromatic heterocycles. The topological polar surface area (TPSA) is 48.5 Å². The van der Waals surface area contributed by atoms with Gasteiger partial charge in [-0.25, -0.2) is 4.98 Å². The Morgan fingerprint density at radius 1 is 1.14 bits per heavy atom. The van der Waals surface area contributed by atoms with Gasteiger partial charge in [-0.2, -0.15) is 13.2 Å². The SMILES string of the molecule is CN1CCN(c2ccccc2CNC(=O)CSc2ccc(C(F)(F)F)cn2)CC1. The smallest absolute Gasteiger partial charge is 0.369 e. The highest BCUT2D eigenvalue weighted by Gasteiger charge is 2.30. The minimum atomic E-state index is -4.41. The second-order valence-corrected chi connectivity index (χ2v) is 7.86. The molecule has 2 aromatic rings. The van der Waals surface area contributed by atoms with Crippen molar-refractivity contribution in [3.8, 4) is 0 Å². The lowest BCUT2D eigenvalue weighted by Gasteiger charge is -2.35. The Morgan fingerprint density at radius 2 is 1.86 bits per heavy atom. The number of halogens is 3. The molecule has 0 aliphatic carbocycles. The van der Waals surface area contributed by atoms with E-state index in [-0.39, 0.29) is 11.7 Å². The van der Waals surface area contributed by atoms with Gasteiger partial charge < -0.3 is 15.1 Å². The first-order chi connectivity index (χ1) is 13.8. The van der Waals surface area contributed by atoms with Crippen molar-refractivity contribution in [2.45, 2.75) is 17.7 Å². The number of anilines is 1. The van der Waals surface area contributed by atoms with Gasteiger partial charge in [-0.15, -0.1) is 0 Å². The van der Waals surface area contributed by atoms with E-state index in [9.17, 15) is 18.0 Å². The second kappa shape index (κ2) is 9.49. The monoisotopic (exact) mass is 424 g/mol. The number of alkyl halides is 3. The number of carbonyl (C=O) groups is 1. The highest BCUT2D eigenvalue weighted by Crippen LogP contribution is 2.29.